The van der Waals surface area contributed by atoms with E-state index in [4.69, 9.17) is 52.1 Å². The van der Waals surface area contributed by atoms with Gasteiger partial charge in [0.05, 0.1) is 0 Å². The van der Waals surface area contributed by atoms with Gasteiger partial charge in [-0.15, -0.1) is 6.58 Å². The molecule has 0 spiro atoms. The number of aliphatic hydroxyl groups excluding tert-OH is 6. The molecule has 0 radical (unpaired) electrons. The fourth-order valence-electron chi connectivity index (χ4n) is 7.45. The van der Waals surface area contributed by atoms with E-state index in [1.54, 1.807) is 0 Å². The third-order valence-electron chi connectivity index (χ3n) is 10.7. The topological polar surface area (TPSA) is 390 Å². The maximum Gasteiger partial charge on any atom is 0.335 e. The van der Waals surface area contributed by atoms with Crippen LogP contribution in [0.2, 0.25) is 0 Å². The van der Waals surface area contributed by atoms with Crippen LogP contribution in [0.15, 0.2) is 24.8 Å². The zero-order valence-corrected chi connectivity index (χ0v) is 36.4. The zero-order valence-electron chi connectivity index (χ0n) is 36.4. The standard InChI is InChI=1S/C39H58N2O25/c1-8-9-10-18(44)58-11-16-21(45)27(19(40-14(4)42)36(57-7)60-16)62-39-26(50)24(48)30(32(66-39)34(53)54)64-37-20(41-15(5)43)28(22(46)17(61-37)12-59-35(55)13(2)3)63-38-25(49)23(47)29(56-6)31(65-38)33(51)52/h8,16-17,19-32,36-39,45-50H,1-2,9-12H2,3-7H3,(H,40,42)(H,41,43)(H,51,52)(H,53,54)/t16?,17?,19-,20-,21+,22+,23+,24+,25-,26-,27+,28+,29-,30-,31?,32?,36?,37?,38?,39?/m0/s1. The number of allylic oxidation sites excluding steroid dienone is 1. The molecular formula is C39H58N2O25. The largest absolute Gasteiger partial charge is 0.479 e. The second kappa shape index (κ2) is 24.1. The Morgan fingerprint density at radius 2 is 1.02 bits per heavy atom. The van der Waals surface area contributed by atoms with Crippen molar-refractivity contribution in [3.63, 3.8) is 0 Å². The highest BCUT2D eigenvalue weighted by molar-refractivity contribution is 5.87. The number of hydrogen-bond acceptors (Lipinski definition) is 23. The minimum atomic E-state index is -2.34. The number of carboxylic acids is 2. The Morgan fingerprint density at radius 3 is 1.45 bits per heavy atom. The fraction of sp³-hybridized carbons (Fsp3) is 0.744. The van der Waals surface area contributed by atoms with E-state index in [0.717, 1.165) is 21.0 Å². The van der Waals surface area contributed by atoms with Crippen molar-refractivity contribution in [1.29, 1.82) is 0 Å². The average Bonchev–Trinajstić information content (AvgIpc) is 3.25. The number of methoxy groups -OCH3 is 2. The molecule has 27 nitrogen and oxygen atoms in total. The summed E-state index contributed by atoms with van der Waals surface area (Å²) in [5, 5.41) is 92.8. The summed E-state index contributed by atoms with van der Waals surface area (Å²) in [5.74, 6) is -6.77. The summed E-state index contributed by atoms with van der Waals surface area (Å²) >= 11 is 0. The van der Waals surface area contributed by atoms with Crippen LogP contribution in [-0.4, -0.2) is 227 Å². The van der Waals surface area contributed by atoms with Crippen molar-refractivity contribution in [3.05, 3.63) is 24.8 Å². The van der Waals surface area contributed by atoms with Gasteiger partial charge in [-0.2, -0.15) is 0 Å². The number of carbonyl (C=O) groups excluding carboxylic acids is 4. The van der Waals surface area contributed by atoms with E-state index in [2.05, 4.69) is 23.8 Å². The quantitative estimate of drug-likeness (QED) is 0.0309. The normalized spacial score (nSPS) is 39.1. The molecule has 20 atom stereocenters. The highest BCUT2D eigenvalue weighted by atomic mass is 16.8. The molecule has 0 aromatic heterocycles. The highest BCUT2D eigenvalue weighted by Gasteiger charge is 2.58. The Bertz CT molecular complexity index is 1740. The molecule has 4 fully saturated rings. The van der Waals surface area contributed by atoms with Crippen LogP contribution in [0.1, 0.15) is 33.6 Å². The second-order valence-electron chi connectivity index (χ2n) is 15.6. The minimum Gasteiger partial charge on any atom is -0.479 e. The molecule has 27 heteroatoms. The van der Waals surface area contributed by atoms with Gasteiger partial charge in [-0.25, -0.2) is 14.4 Å². The maximum atomic E-state index is 12.9. The van der Waals surface area contributed by atoms with E-state index in [-0.39, 0.29) is 18.4 Å². The van der Waals surface area contributed by atoms with Crippen molar-refractivity contribution in [2.75, 3.05) is 27.4 Å². The van der Waals surface area contributed by atoms with Crippen LogP contribution in [0, 0.1) is 0 Å². The van der Waals surface area contributed by atoms with Gasteiger partial charge in [0.25, 0.3) is 0 Å². The molecule has 8 unspecified atom stereocenters. The number of carbonyl (C=O) groups is 6. The lowest BCUT2D eigenvalue weighted by molar-refractivity contribution is -0.369. The van der Waals surface area contributed by atoms with Crippen molar-refractivity contribution in [1.82, 2.24) is 10.6 Å². The van der Waals surface area contributed by atoms with E-state index >= 15 is 0 Å². The van der Waals surface area contributed by atoms with Crippen LogP contribution >= 0.6 is 0 Å². The van der Waals surface area contributed by atoms with Gasteiger partial charge in [-0.05, 0) is 13.3 Å². The van der Waals surface area contributed by atoms with E-state index < -0.39 is 172 Å². The fourth-order valence-corrected chi connectivity index (χ4v) is 7.45. The van der Waals surface area contributed by atoms with E-state index in [9.17, 15) is 69.6 Å². The van der Waals surface area contributed by atoms with E-state index in [1.807, 2.05) is 0 Å². The van der Waals surface area contributed by atoms with Crippen molar-refractivity contribution in [2.24, 2.45) is 0 Å². The lowest BCUT2D eigenvalue weighted by Gasteiger charge is -2.50. The molecule has 2 amide bonds. The number of nitrogens with one attached hydrogen (secondary N) is 2. The van der Waals surface area contributed by atoms with Gasteiger partial charge in [-0.3, -0.25) is 14.4 Å². The number of rotatable bonds is 20. The Morgan fingerprint density at radius 1 is 0.576 bits per heavy atom. The molecule has 66 heavy (non-hydrogen) atoms. The number of esters is 2. The number of carboxylic acid groups (broad SMARTS) is 2. The van der Waals surface area contributed by atoms with Crippen molar-refractivity contribution in [3.8, 4) is 0 Å². The lowest BCUT2D eigenvalue weighted by Crippen LogP contribution is -2.71. The molecule has 4 aliphatic heterocycles. The van der Waals surface area contributed by atoms with Crippen LogP contribution in [0.5, 0.6) is 0 Å². The van der Waals surface area contributed by atoms with Crippen molar-refractivity contribution < 1.29 is 122 Å². The number of hydrogen-bond donors (Lipinski definition) is 10. The average molecular weight is 955 g/mol. The third kappa shape index (κ3) is 13.0. The van der Waals surface area contributed by atoms with Gasteiger partial charge in [0.15, 0.2) is 37.4 Å². The van der Waals surface area contributed by atoms with Crippen molar-refractivity contribution >= 4 is 35.7 Å². The molecule has 0 aromatic rings. The van der Waals surface area contributed by atoms with Gasteiger partial charge in [0, 0.05) is 40.1 Å². The van der Waals surface area contributed by atoms with Crippen LogP contribution in [0.4, 0.5) is 0 Å². The Balaban J connectivity index is 1.68. The first-order valence-corrected chi connectivity index (χ1v) is 20.4. The number of ether oxygens (including phenoxy) is 11. The van der Waals surface area contributed by atoms with Gasteiger partial charge in [0.1, 0.15) is 98.5 Å². The first-order chi connectivity index (χ1) is 31.1. The summed E-state index contributed by atoms with van der Waals surface area (Å²) in [4.78, 5) is 74.5. The molecule has 0 saturated carbocycles. The second-order valence-corrected chi connectivity index (χ2v) is 15.6. The van der Waals surface area contributed by atoms with Crippen molar-refractivity contribution in [2.45, 2.75) is 156 Å². The molecule has 374 valence electrons. The van der Waals surface area contributed by atoms with Gasteiger partial charge < -0.3 is 104 Å². The van der Waals surface area contributed by atoms with E-state index in [0.29, 0.717) is 0 Å². The molecule has 4 rings (SSSR count). The van der Waals surface area contributed by atoms with Crippen LogP contribution in [-0.2, 0) is 80.9 Å². The molecule has 0 aliphatic carbocycles. The van der Waals surface area contributed by atoms with Crippen LogP contribution < -0.4 is 10.6 Å². The van der Waals surface area contributed by atoms with E-state index in [1.165, 1.54) is 20.1 Å². The SMILES string of the molecule is C=CCCC(=O)OCC1OC(OC)[C@@H](NC(C)=O)[C@@H](OC2OC(C(=O)O)[C@@H](OC3OC(COC(=O)C(=C)C)[C@@H](O)[C@H](OC4OC(C(=O)O)[C@@H](OC)[C@H](O)[C@@H]4O)[C@@H]3NC(C)=O)[C@H](O)[C@@H]2O)[C@@H]1O. The molecule has 4 aliphatic rings. The molecule has 10 N–H and O–H groups in total. The Hall–Kier alpha value is -4.30. The molecule has 0 bridgehead atoms. The summed E-state index contributed by atoms with van der Waals surface area (Å²) < 4.78 is 61.0. The predicted octanol–water partition coefficient (Wildman–Crippen LogP) is -5.32. The van der Waals surface area contributed by atoms with Crippen LogP contribution in [0.25, 0.3) is 0 Å². The molecule has 4 saturated heterocycles. The monoisotopic (exact) mass is 954 g/mol. The number of aliphatic hydroxyl groups is 6. The summed E-state index contributed by atoms with van der Waals surface area (Å²) in [6.07, 6.45) is -33.5. The third-order valence-corrected chi connectivity index (χ3v) is 10.7. The van der Waals surface area contributed by atoms with Crippen LogP contribution in [0.3, 0.4) is 0 Å². The summed E-state index contributed by atoms with van der Waals surface area (Å²) in [5.41, 5.74) is -0.0951. The predicted molar refractivity (Wildman–Crippen MR) is 210 cm³/mol. The lowest BCUT2D eigenvalue weighted by atomic mass is 9.94. The summed E-state index contributed by atoms with van der Waals surface area (Å²) in [6, 6.07) is -3.24. The number of amides is 2. The first-order valence-electron chi connectivity index (χ1n) is 20.4. The maximum absolute atomic E-state index is 12.9. The van der Waals surface area contributed by atoms with Gasteiger partial charge in [-0.1, -0.05) is 12.7 Å². The Kier molecular flexibility index (Phi) is 19.8. The number of aliphatic carboxylic acids is 2. The van der Waals surface area contributed by atoms with Gasteiger partial charge >= 0.3 is 23.9 Å². The first kappa shape index (κ1) is 54.3. The Labute approximate surface area is 376 Å². The molecular weight excluding hydrogens is 896 g/mol. The molecule has 4 heterocycles. The minimum absolute atomic E-state index is 0.0617. The smallest absolute Gasteiger partial charge is 0.335 e. The summed E-state index contributed by atoms with van der Waals surface area (Å²) in [6.45, 7) is 8.96. The summed E-state index contributed by atoms with van der Waals surface area (Å²) in [7, 11) is 2.20. The highest BCUT2D eigenvalue weighted by Crippen LogP contribution is 2.35. The zero-order chi connectivity index (χ0) is 49.3. The van der Waals surface area contributed by atoms with Gasteiger partial charge in [0.2, 0.25) is 11.8 Å². The molecule has 0 aromatic carbocycles.